The molecule has 4 nitrogen and oxygen atoms in total. The SMILES string of the molecule is Nc1ccc(O)c(N(O)c2ccccc2)c1. The summed E-state index contributed by atoms with van der Waals surface area (Å²) >= 11 is 0. The molecule has 2 aromatic carbocycles. The largest absolute Gasteiger partial charge is 0.506 e. The molecule has 0 fully saturated rings. The number of benzene rings is 2. The molecule has 0 aliphatic heterocycles. The first kappa shape index (κ1) is 10.3. The van der Waals surface area contributed by atoms with Crippen molar-refractivity contribution in [2.75, 3.05) is 10.8 Å². The smallest absolute Gasteiger partial charge is 0.141 e. The summed E-state index contributed by atoms with van der Waals surface area (Å²) in [6, 6.07) is 13.4. The number of nitrogens with zero attached hydrogens (tertiary/aromatic N) is 1. The van der Waals surface area contributed by atoms with Crippen LogP contribution in [0.5, 0.6) is 5.75 Å². The number of para-hydroxylation sites is 1. The Kier molecular flexibility index (Phi) is 2.66. The van der Waals surface area contributed by atoms with E-state index in [4.69, 9.17) is 5.73 Å². The van der Waals surface area contributed by atoms with Gasteiger partial charge in [0.2, 0.25) is 0 Å². The molecule has 0 aromatic heterocycles. The summed E-state index contributed by atoms with van der Waals surface area (Å²) in [5.41, 5.74) is 6.88. The van der Waals surface area contributed by atoms with Crippen molar-refractivity contribution in [2.24, 2.45) is 0 Å². The average molecular weight is 216 g/mol. The Morgan fingerprint density at radius 3 is 2.38 bits per heavy atom. The molecule has 0 bridgehead atoms. The van der Waals surface area contributed by atoms with Crippen LogP contribution in [-0.2, 0) is 0 Å². The molecular weight excluding hydrogens is 204 g/mol. The van der Waals surface area contributed by atoms with Gasteiger partial charge in [0.15, 0.2) is 0 Å². The fourth-order valence-corrected chi connectivity index (χ4v) is 1.42. The van der Waals surface area contributed by atoms with E-state index in [-0.39, 0.29) is 11.4 Å². The molecule has 0 saturated heterocycles. The molecule has 4 heteroatoms. The van der Waals surface area contributed by atoms with E-state index in [1.165, 1.54) is 12.1 Å². The summed E-state index contributed by atoms with van der Waals surface area (Å²) < 4.78 is 0. The lowest BCUT2D eigenvalue weighted by Crippen LogP contribution is -2.10. The highest BCUT2D eigenvalue weighted by atomic mass is 16.5. The van der Waals surface area contributed by atoms with Crippen LogP contribution in [0.1, 0.15) is 0 Å². The molecule has 16 heavy (non-hydrogen) atoms. The van der Waals surface area contributed by atoms with Crippen molar-refractivity contribution >= 4 is 17.1 Å². The third-order valence-electron chi connectivity index (χ3n) is 2.23. The number of phenolic OH excluding ortho intramolecular Hbond substituents is 1. The molecule has 0 amide bonds. The van der Waals surface area contributed by atoms with Gasteiger partial charge in [0.05, 0.1) is 5.69 Å². The number of hydrogen-bond donors (Lipinski definition) is 3. The number of hydrogen-bond acceptors (Lipinski definition) is 4. The highest BCUT2D eigenvalue weighted by Crippen LogP contribution is 2.32. The number of nitrogen functional groups attached to an aromatic ring is 1. The summed E-state index contributed by atoms with van der Waals surface area (Å²) in [4.78, 5) is 0. The van der Waals surface area contributed by atoms with Crippen LogP contribution in [0.2, 0.25) is 0 Å². The van der Waals surface area contributed by atoms with E-state index in [1.54, 1.807) is 30.3 Å². The quantitative estimate of drug-likeness (QED) is 0.410. The van der Waals surface area contributed by atoms with Gasteiger partial charge >= 0.3 is 0 Å². The Bertz CT molecular complexity index is 486. The molecular formula is C12H12N2O2. The minimum atomic E-state index is -0.0273. The van der Waals surface area contributed by atoms with Crippen LogP contribution >= 0.6 is 0 Å². The Labute approximate surface area is 93.1 Å². The van der Waals surface area contributed by atoms with E-state index in [2.05, 4.69) is 0 Å². The van der Waals surface area contributed by atoms with E-state index in [0.717, 1.165) is 5.06 Å². The second kappa shape index (κ2) is 4.12. The monoisotopic (exact) mass is 216 g/mol. The second-order valence-corrected chi connectivity index (χ2v) is 3.40. The van der Waals surface area contributed by atoms with E-state index >= 15 is 0 Å². The van der Waals surface area contributed by atoms with Crippen LogP contribution in [0.3, 0.4) is 0 Å². The van der Waals surface area contributed by atoms with E-state index in [0.29, 0.717) is 11.4 Å². The molecule has 0 aliphatic carbocycles. The van der Waals surface area contributed by atoms with Crippen LogP contribution in [0.15, 0.2) is 48.5 Å². The molecule has 82 valence electrons. The highest BCUT2D eigenvalue weighted by molar-refractivity contribution is 5.69. The second-order valence-electron chi connectivity index (χ2n) is 3.40. The molecule has 2 aromatic rings. The van der Waals surface area contributed by atoms with Gasteiger partial charge in [-0.25, -0.2) is 5.06 Å². The first-order chi connectivity index (χ1) is 7.68. The van der Waals surface area contributed by atoms with Crippen LogP contribution in [0.4, 0.5) is 17.1 Å². The summed E-state index contributed by atoms with van der Waals surface area (Å²) in [5.74, 6) is -0.0273. The molecule has 0 atom stereocenters. The van der Waals surface area contributed by atoms with Crippen LogP contribution in [-0.4, -0.2) is 10.3 Å². The number of rotatable bonds is 2. The summed E-state index contributed by atoms with van der Waals surface area (Å²) in [6.07, 6.45) is 0. The van der Waals surface area contributed by atoms with E-state index in [1.807, 2.05) is 6.07 Å². The standard InChI is InChI=1S/C12H12N2O2/c13-9-6-7-12(15)11(8-9)14(16)10-4-2-1-3-5-10/h1-8,15-16H,13H2. The van der Waals surface area contributed by atoms with Gasteiger partial charge in [-0.1, -0.05) is 18.2 Å². The zero-order valence-electron chi connectivity index (χ0n) is 8.54. The lowest BCUT2D eigenvalue weighted by atomic mass is 10.2. The van der Waals surface area contributed by atoms with Gasteiger partial charge in [0.1, 0.15) is 11.4 Å². The van der Waals surface area contributed by atoms with Crippen LogP contribution in [0, 0.1) is 0 Å². The van der Waals surface area contributed by atoms with Gasteiger partial charge in [-0.3, -0.25) is 5.21 Å². The van der Waals surface area contributed by atoms with Gasteiger partial charge in [0.25, 0.3) is 0 Å². The third-order valence-corrected chi connectivity index (χ3v) is 2.23. The van der Waals surface area contributed by atoms with Crippen molar-refractivity contribution in [3.8, 4) is 5.75 Å². The Morgan fingerprint density at radius 1 is 1.00 bits per heavy atom. The van der Waals surface area contributed by atoms with Gasteiger partial charge in [-0.15, -0.1) is 0 Å². The maximum Gasteiger partial charge on any atom is 0.141 e. The normalized spacial score (nSPS) is 10.1. The van der Waals surface area contributed by atoms with Crippen molar-refractivity contribution in [1.82, 2.24) is 0 Å². The maximum absolute atomic E-state index is 9.91. The molecule has 0 radical (unpaired) electrons. The Morgan fingerprint density at radius 2 is 1.69 bits per heavy atom. The Balaban J connectivity index is 2.41. The summed E-state index contributed by atoms with van der Waals surface area (Å²) in [6.45, 7) is 0. The first-order valence-corrected chi connectivity index (χ1v) is 4.81. The third kappa shape index (κ3) is 1.92. The van der Waals surface area contributed by atoms with Crippen molar-refractivity contribution in [1.29, 1.82) is 0 Å². The summed E-state index contributed by atoms with van der Waals surface area (Å²) in [7, 11) is 0. The lowest BCUT2D eigenvalue weighted by molar-refractivity contribution is 0.296. The maximum atomic E-state index is 9.91. The number of aromatic hydroxyl groups is 1. The van der Waals surface area contributed by atoms with Gasteiger partial charge in [-0.2, -0.15) is 0 Å². The van der Waals surface area contributed by atoms with Crippen molar-refractivity contribution in [2.45, 2.75) is 0 Å². The average Bonchev–Trinajstić information content (AvgIpc) is 2.32. The topological polar surface area (TPSA) is 69.7 Å². The molecule has 0 unspecified atom stereocenters. The fourth-order valence-electron chi connectivity index (χ4n) is 1.42. The minimum Gasteiger partial charge on any atom is -0.506 e. The van der Waals surface area contributed by atoms with Crippen molar-refractivity contribution in [3.05, 3.63) is 48.5 Å². The van der Waals surface area contributed by atoms with Crippen molar-refractivity contribution < 1.29 is 10.3 Å². The number of anilines is 3. The van der Waals surface area contributed by atoms with Crippen molar-refractivity contribution in [3.63, 3.8) is 0 Å². The zero-order chi connectivity index (χ0) is 11.5. The molecule has 0 saturated carbocycles. The van der Waals surface area contributed by atoms with E-state index in [9.17, 15) is 10.3 Å². The summed E-state index contributed by atoms with van der Waals surface area (Å²) in [5, 5.41) is 20.4. The molecule has 0 heterocycles. The molecule has 4 N–H and O–H groups in total. The predicted octanol–water partition coefficient (Wildman–Crippen LogP) is 2.50. The van der Waals surface area contributed by atoms with Gasteiger partial charge < -0.3 is 10.8 Å². The van der Waals surface area contributed by atoms with Crippen LogP contribution < -0.4 is 10.8 Å². The fraction of sp³-hybridized carbons (Fsp3) is 0. The van der Waals surface area contributed by atoms with Gasteiger partial charge in [0, 0.05) is 5.69 Å². The molecule has 0 aliphatic rings. The zero-order valence-corrected chi connectivity index (χ0v) is 8.54. The van der Waals surface area contributed by atoms with E-state index < -0.39 is 0 Å². The van der Waals surface area contributed by atoms with Crippen LogP contribution in [0.25, 0.3) is 0 Å². The Hall–Kier alpha value is -2.20. The highest BCUT2D eigenvalue weighted by Gasteiger charge is 2.10. The lowest BCUT2D eigenvalue weighted by Gasteiger charge is -2.18. The minimum absolute atomic E-state index is 0.0273. The first-order valence-electron chi connectivity index (χ1n) is 4.81. The molecule has 2 rings (SSSR count). The van der Waals surface area contributed by atoms with Gasteiger partial charge in [-0.05, 0) is 30.3 Å². The number of nitrogens with two attached hydrogens (primary N) is 1. The predicted molar refractivity (Wildman–Crippen MR) is 62.9 cm³/mol. The number of phenols is 1. The molecule has 0 spiro atoms.